The van der Waals surface area contributed by atoms with Gasteiger partial charge in [0.05, 0.1) is 11.8 Å². The van der Waals surface area contributed by atoms with E-state index in [-0.39, 0.29) is 30.2 Å². The van der Waals surface area contributed by atoms with E-state index in [2.05, 4.69) is 29.2 Å². The molecule has 0 saturated heterocycles. The average molecular weight is 360 g/mol. The molecule has 3 rings (SSSR count). The number of amides is 1. The summed E-state index contributed by atoms with van der Waals surface area (Å²) < 4.78 is 16.4. The lowest BCUT2D eigenvalue weighted by Crippen LogP contribution is -2.24. The Kier molecular flexibility index (Phi) is 4.84. The maximum atomic E-state index is 14.6. The van der Waals surface area contributed by atoms with Crippen molar-refractivity contribution in [1.82, 2.24) is 20.1 Å². The Bertz CT molecular complexity index is 818. The molecule has 7 heteroatoms. The van der Waals surface area contributed by atoms with E-state index >= 15 is 0 Å². The largest absolute Gasteiger partial charge is 0.396 e. The van der Waals surface area contributed by atoms with Crippen LogP contribution in [0.5, 0.6) is 0 Å². The second-order valence-electron chi connectivity index (χ2n) is 7.45. The Labute approximate surface area is 152 Å². The van der Waals surface area contributed by atoms with Gasteiger partial charge >= 0.3 is 0 Å². The molecule has 0 radical (unpaired) electrons. The number of aliphatic hydroxyl groups excluding tert-OH is 1. The molecule has 1 atom stereocenters. The van der Waals surface area contributed by atoms with Crippen LogP contribution in [0.1, 0.15) is 43.9 Å². The predicted octanol–water partition coefficient (Wildman–Crippen LogP) is 1.80. The maximum Gasteiger partial charge on any atom is 0.227 e. The fraction of sp³-hybridized carbons (Fsp3) is 0.526. The van der Waals surface area contributed by atoms with Crippen LogP contribution in [0.4, 0.5) is 4.39 Å². The van der Waals surface area contributed by atoms with Crippen LogP contribution in [0.2, 0.25) is 0 Å². The number of carbonyl (C=O) groups excluding carboxylic acids is 1. The monoisotopic (exact) mass is 360 g/mol. The molecule has 1 heterocycles. The van der Waals surface area contributed by atoms with Crippen LogP contribution in [0.15, 0.2) is 24.3 Å². The van der Waals surface area contributed by atoms with Crippen molar-refractivity contribution in [3.63, 3.8) is 0 Å². The second kappa shape index (κ2) is 6.79. The van der Waals surface area contributed by atoms with E-state index in [9.17, 15) is 14.3 Å². The second-order valence-corrected chi connectivity index (χ2v) is 7.45. The average Bonchev–Trinajstić information content (AvgIpc) is 2.98. The van der Waals surface area contributed by atoms with Crippen molar-refractivity contribution in [3.05, 3.63) is 47.3 Å². The summed E-state index contributed by atoms with van der Waals surface area (Å²) in [5.74, 6) is 0.643. The molecule has 0 aliphatic heterocycles. The highest BCUT2D eigenvalue weighted by Crippen LogP contribution is 2.67. The summed E-state index contributed by atoms with van der Waals surface area (Å²) in [6.45, 7) is 4.67. The van der Waals surface area contributed by atoms with Crippen molar-refractivity contribution in [2.45, 2.75) is 45.1 Å². The Morgan fingerprint density at radius 1 is 1.38 bits per heavy atom. The quantitative estimate of drug-likeness (QED) is 0.789. The van der Waals surface area contributed by atoms with Crippen molar-refractivity contribution in [2.75, 3.05) is 13.7 Å². The molecule has 6 nitrogen and oxygen atoms in total. The Morgan fingerprint density at radius 3 is 2.65 bits per heavy atom. The van der Waals surface area contributed by atoms with Crippen LogP contribution in [-0.4, -0.2) is 39.4 Å². The lowest BCUT2D eigenvalue weighted by atomic mass is 9.86. The molecule has 1 aliphatic carbocycles. The molecule has 1 amide bonds. The molecule has 0 spiro atoms. The predicted molar refractivity (Wildman–Crippen MR) is 95.1 cm³/mol. The molecule has 1 fully saturated rings. The van der Waals surface area contributed by atoms with E-state index in [0.717, 1.165) is 6.42 Å². The van der Waals surface area contributed by atoms with Crippen LogP contribution in [-0.2, 0) is 23.2 Å². The highest BCUT2D eigenvalue weighted by Gasteiger charge is 2.66. The molecule has 1 saturated carbocycles. The summed E-state index contributed by atoms with van der Waals surface area (Å²) >= 11 is 0. The van der Waals surface area contributed by atoms with Crippen molar-refractivity contribution in [3.8, 4) is 0 Å². The summed E-state index contributed by atoms with van der Waals surface area (Å²) in [6.07, 6.45) is 1.34. The van der Waals surface area contributed by atoms with Gasteiger partial charge in [-0.15, -0.1) is 0 Å². The standard InChI is InChI=1S/C19H25FN4O2/c1-18(2)12-19(18,13-7-4-5-8-14(13)20)17-22-15(11-16(26)21-3)23-24(17)9-6-10-25/h4-5,7-8,25H,6,9-12H2,1-3H3,(H,21,26). The number of aromatic nitrogens is 3. The van der Waals surface area contributed by atoms with Crippen LogP contribution in [0, 0.1) is 11.2 Å². The summed E-state index contributed by atoms with van der Waals surface area (Å²) in [4.78, 5) is 16.4. The molecular formula is C19H25FN4O2. The number of hydrogen-bond acceptors (Lipinski definition) is 4. The molecule has 0 bridgehead atoms. The number of benzene rings is 1. The SMILES string of the molecule is CNC(=O)Cc1nc(C2(c3ccccc3F)CC2(C)C)n(CCCO)n1. The van der Waals surface area contributed by atoms with Gasteiger partial charge < -0.3 is 10.4 Å². The summed E-state index contributed by atoms with van der Waals surface area (Å²) in [6, 6.07) is 6.77. The zero-order chi connectivity index (χ0) is 18.9. The highest BCUT2D eigenvalue weighted by atomic mass is 19.1. The first-order chi connectivity index (χ1) is 12.4. The minimum atomic E-state index is -0.582. The molecule has 1 aromatic carbocycles. The summed E-state index contributed by atoms with van der Waals surface area (Å²) in [5, 5.41) is 16.2. The number of aliphatic hydroxyl groups is 1. The Balaban J connectivity index is 2.10. The first-order valence-corrected chi connectivity index (χ1v) is 8.86. The zero-order valence-electron chi connectivity index (χ0n) is 15.4. The number of nitrogens with one attached hydrogen (secondary N) is 1. The van der Waals surface area contributed by atoms with Crippen LogP contribution >= 0.6 is 0 Å². The maximum absolute atomic E-state index is 14.6. The number of carbonyl (C=O) groups is 1. The van der Waals surface area contributed by atoms with Gasteiger partial charge in [0.15, 0.2) is 5.82 Å². The van der Waals surface area contributed by atoms with E-state index in [1.807, 2.05) is 6.07 Å². The number of halogens is 1. The molecule has 140 valence electrons. The molecule has 2 aromatic rings. The molecule has 1 aliphatic rings. The third kappa shape index (κ3) is 3.00. The van der Waals surface area contributed by atoms with Crippen molar-refractivity contribution in [1.29, 1.82) is 0 Å². The number of rotatable bonds is 7. The van der Waals surface area contributed by atoms with E-state index in [1.54, 1.807) is 23.9 Å². The lowest BCUT2D eigenvalue weighted by Gasteiger charge is -2.22. The van der Waals surface area contributed by atoms with Gasteiger partial charge in [0.25, 0.3) is 0 Å². The first kappa shape index (κ1) is 18.5. The molecule has 2 N–H and O–H groups in total. The van der Waals surface area contributed by atoms with Gasteiger partial charge in [0.2, 0.25) is 5.91 Å². The number of nitrogens with zero attached hydrogens (tertiary/aromatic N) is 3. The molecule has 1 aromatic heterocycles. The fourth-order valence-corrected chi connectivity index (χ4v) is 3.78. The topological polar surface area (TPSA) is 80.0 Å². The molecule has 1 unspecified atom stereocenters. The van der Waals surface area contributed by atoms with Gasteiger partial charge in [-0.2, -0.15) is 5.10 Å². The number of hydrogen-bond donors (Lipinski definition) is 2. The highest BCUT2D eigenvalue weighted by molar-refractivity contribution is 5.77. The molecular weight excluding hydrogens is 335 g/mol. The van der Waals surface area contributed by atoms with Crippen LogP contribution < -0.4 is 5.32 Å². The van der Waals surface area contributed by atoms with Crippen molar-refractivity contribution in [2.24, 2.45) is 5.41 Å². The first-order valence-electron chi connectivity index (χ1n) is 8.86. The summed E-state index contributed by atoms with van der Waals surface area (Å²) in [7, 11) is 1.57. The van der Waals surface area contributed by atoms with Crippen molar-refractivity contribution < 1.29 is 14.3 Å². The Morgan fingerprint density at radius 2 is 2.08 bits per heavy atom. The molecule has 26 heavy (non-hydrogen) atoms. The van der Waals surface area contributed by atoms with Gasteiger partial charge in [0, 0.05) is 25.8 Å². The fourth-order valence-electron chi connectivity index (χ4n) is 3.78. The van der Waals surface area contributed by atoms with E-state index in [1.165, 1.54) is 6.07 Å². The zero-order valence-corrected chi connectivity index (χ0v) is 15.4. The van der Waals surface area contributed by atoms with Gasteiger partial charge in [-0.3, -0.25) is 4.79 Å². The van der Waals surface area contributed by atoms with Crippen LogP contribution in [0.3, 0.4) is 0 Å². The van der Waals surface area contributed by atoms with E-state index in [0.29, 0.717) is 30.2 Å². The third-order valence-electron chi connectivity index (χ3n) is 5.29. The van der Waals surface area contributed by atoms with E-state index in [4.69, 9.17) is 0 Å². The number of likely N-dealkylation sites (N-methyl/N-ethyl adjacent to an activating group) is 1. The minimum absolute atomic E-state index is 0.0279. The smallest absolute Gasteiger partial charge is 0.227 e. The Hall–Kier alpha value is -2.28. The van der Waals surface area contributed by atoms with Gasteiger partial charge in [-0.25, -0.2) is 14.1 Å². The van der Waals surface area contributed by atoms with Gasteiger partial charge in [-0.1, -0.05) is 32.0 Å². The van der Waals surface area contributed by atoms with Gasteiger partial charge in [0.1, 0.15) is 11.6 Å². The minimum Gasteiger partial charge on any atom is -0.396 e. The summed E-state index contributed by atoms with van der Waals surface area (Å²) in [5.41, 5.74) is -0.153. The normalized spacial score (nSPS) is 20.8. The van der Waals surface area contributed by atoms with Crippen LogP contribution in [0.25, 0.3) is 0 Å². The lowest BCUT2D eigenvalue weighted by molar-refractivity contribution is -0.120. The van der Waals surface area contributed by atoms with E-state index < -0.39 is 5.41 Å². The van der Waals surface area contributed by atoms with Gasteiger partial charge in [-0.05, 0) is 24.3 Å². The number of aryl methyl sites for hydroxylation is 1. The third-order valence-corrected chi connectivity index (χ3v) is 5.29. The van der Waals surface area contributed by atoms with Crippen molar-refractivity contribution >= 4 is 5.91 Å².